The number of H-pyrrole nitrogens is 1. The molecule has 0 bridgehead atoms. The minimum Gasteiger partial charge on any atom is -0.337 e. The average Bonchev–Trinajstić information content (AvgIpc) is 3.07. The molecule has 0 radical (unpaired) electrons. The van der Waals surface area contributed by atoms with Crippen LogP contribution in [-0.4, -0.2) is 59.3 Å². The van der Waals surface area contributed by atoms with Crippen LogP contribution in [0.3, 0.4) is 0 Å². The molecular weight excluding hydrogens is 326 g/mol. The molecule has 3 rings (SSSR count). The molecule has 0 saturated carbocycles. The summed E-state index contributed by atoms with van der Waals surface area (Å²) in [6.45, 7) is 6.29. The molecule has 0 aliphatic carbocycles. The Bertz CT molecular complexity index is 699. The molecule has 2 heterocycles. The number of hydrogen-bond acceptors (Lipinski definition) is 3. The number of hydrogen-bond donors (Lipinski definition) is 2. The van der Waals surface area contributed by atoms with Gasteiger partial charge in [-0.25, -0.2) is 4.79 Å². The number of aromatic nitrogens is 2. The summed E-state index contributed by atoms with van der Waals surface area (Å²) in [6, 6.07) is 10.7. The van der Waals surface area contributed by atoms with Gasteiger partial charge in [0, 0.05) is 37.9 Å². The van der Waals surface area contributed by atoms with E-state index in [1.54, 1.807) is 11.1 Å². The molecule has 140 valence electrons. The molecule has 2 aromatic rings. The zero-order chi connectivity index (χ0) is 18.4. The summed E-state index contributed by atoms with van der Waals surface area (Å²) < 4.78 is 0. The van der Waals surface area contributed by atoms with Crippen LogP contribution in [0.15, 0.2) is 36.5 Å². The van der Waals surface area contributed by atoms with Crippen molar-refractivity contribution < 1.29 is 4.79 Å². The van der Waals surface area contributed by atoms with Gasteiger partial charge in [0.1, 0.15) is 0 Å². The topological polar surface area (TPSA) is 64.3 Å². The van der Waals surface area contributed by atoms with Crippen molar-refractivity contribution >= 4 is 6.03 Å². The van der Waals surface area contributed by atoms with Gasteiger partial charge in [-0.3, -0.25) is 5.10 Å². The molecule has 1 saturated heterocycles. The van der Waals surface area contributed by atoms with Crippen LogP contribution in [0.2, 0.25) is 0 Å². The van der Waals surface area contributed by atoms with Gasteiger partial charge in [-0.15, -0.1) is 0 Å². The van der Waals surface area contributed by atoms with Crippen LogP contribution in [0, 0.1) is 6.92 Å². The fraction of sp³-hybridized carbons (Fsp3) is 0.500. The van der Waals surface area contributed by atoms with Gasteiger partial charge in [0.05, 0.1) is 12.7 Å². The largest absolute Gasteiger partial charge is 0.337 e. The number of carbonyl (C=O) groups excluding carboxylic acids is 1. The normalized spacial score (nSPS) is 17.8. The van der Waals surface area contributed by atoms with Crippen molar-refractivity contribution in [1.82, 2.24) is 25.3 Å². The third-order valence-electron chi connectivity index (χ3n) is 5.17. The summed E-state index contributed by atoms with van der Waals surface area (Å²) in [5.74, 6) is 0.604. The summed E-state index contributed by atoms with van der Waals surface area (Å²) in [5.41, 5.74) is 3.48. The zero-order valence-electron chi connectivity index (χ0n) is 15.7. The van der Waals surface area contributed by atoms with Gasteiger partial charge in [0.25, 0.3) is 0 Å². The predicted octanol–water partition coefficient (Wildman–Crippen LogP) is 2.74. The molecule has 1 atom stereocenters. The van der Waals surface area contributed by atoms with Crippen molar-refractivity contribution in [3.8, 4) is 0 Å². The van der Waals surface area contributed by atoms with Gasteiger partial charge in [-0.1, -0.05) is 30.3 Å². The number of nitrogens with one attached hydrogen (secondary N) is 2. The second-order valence-electron chi connectivity index (χ2n) is 7.16. The van der Waals surface area contributed by atoms with E-state index >= 15 is 0 Å². The van der Waals surface area contributed by atoms with Crippen molar-refractivity contribution in [2.45, 2.75) is 32.2 Å². The fourth-order valence-electron chi connectivity index (χ4n) is 3.57. The number of benzene rings is 1. The first-order valence-electron chi connectivity index (χ1n) is 9.38. The van der Waals surface area contributed by atoms with Crippen molar-refractivity contribution in [3.05, 3.63) is 53.3 Å². The Balaban J connectivity index is 1.41. The molecule has 1 fully saturated rings. The molecule has 1 aliphatic rings. The fourth-order valence-corrected chi connectivity index (χ4v) is 3.57. The maximum Gasteiger partial charge on any atom is 0.317 e. The van der Waals surface area contributed by atoms with Gasteiger partial charge in [0.15, 0.2) is 0 Å². The quantitative estimate of drug-likeness (QED) is 0.837. The Morgan fingerprint density at radius 1 is 1.38 bits per heavy atom. The zero-order valence-corrected chi connectivity index (χ0v) is 15.7. The lowest BCUT2D eigenvalue weighted by Crippen LogP contribution is -2.43. The highest BCUT2D eigenvalue weighted by Crippen LogP contribution is 2.26. The molecule has 26 heavy (non-hydrogen) atoms. The Labute approximate surface area is 155 Å². The maximum atomic E-state index is 12.3. The van der Waals surface area contributed by atoms with Crippen LogP contribution < -0.4 is 5.32 Å². The van der Waals surface area contributed by atoms with Gasteiger partial charge >= 0.3 is 6.03 Å². The van der Waals surface area contributed by atoms with E-state index in [1.807, 2.05) is 14.0 Å². The van der Waals surface area contributed by atoms with E-state index in [0.29, 0.717) is 19.0 Å². The smallest absolute Gasteiger partial charge is 0.317 e. The second-order valence-corrected chi connectivity index (χ2v) is 7.16. The Morgan fingerprint density at radius 2 is 2.19 bits per heavy atom. The van der Waals surface area contributed by atoms with Crippen LogP contribution in [0.25, 0.3) is 0 Å². The average molecular weight is 355 g/mol. The summed E-state index contributed by atoms with van der Waals surface area (Å²) in [4.78, 5) is 16.4. The van der Waals surface area contributed by atoms with E-state index in [4.69, 9.17) is 0 Å². The summed E-state index contributed by atoms with van der Waals surface area (Å²) in [6.07, 6.45) is 4.24. The minimum atomic E-state index is -0.0396. The van der Waals surface area contributed by atoms with Gasteiger partial charge in [-0.05, 0) is 37.8 Å². The molecule has 6 heteroatoms. The van der Waals surface area contributed by atoms with Gasteiger partial charge in [0.2, 0.25) is 0 Å². The van der Waals surface area contributed by atoms with Crippen LogP contribution >= 0.6 is 0 Å². The number of aromatic amines is 1. The molecule has 2 N–H and O–H groups in total. The maximum absolute atomic E-state index is 12.3. The molecule has 0 unspecified atom stereocenters. The lowest BCUT2D eigenvalue weighted by molar-refractivity contribution is 0.192. The number of aryl methyl sites for hydroxylation is 1. The lowest BCUT2D eigenvalue weighted by atomic mass is 9.91. The third kappa shape index (κ3) is 4.85. The molecule has 1 aliphatic heterocycles. The number of rotatable bonds is 6. The highest BCUT2D eigenvalue weighted by molar-refractivity contribution is 5.73. The highest BCUT2D eigenvalue weighted by atomic mass is 16.2. The van der Waals surface area contributed by atoms with Crippen LogP contribution in [0.1, 0.15) is 35.6 Å². The monoisotopic (exact) mass is 355 g/mol. The van der Waals surface area contributed by atoms with Crippen LogP contribution in [0.5, 0.6) is 0 Å². The number of nitrogens with zero attached hydrogens (tertiary/aromatic N) is 3. The first-order chi connectivity index (χ1) is 12.6. The van der Waals surface area contributed by atoms with Gasteiger partial charge < -0.3 is 15.1 Å². The summed E-state index contributed by atoms with van der Waals surface area (Å²) in [5, 5.41) is 9.93. The number of amides is 2. The molecular formula is C20H29N5O. The number of carbonyl (C=O) groups is 1. The predicted molar refractivity (Wildman–Crippen MR) is 103 cm³/mol. The molecule has 1 aromatic heterocycles. The third-order valence-corrected chi connectivity index (χ3v) is 5.17. The number of piperidine rings is 1. The second kappa shape index (κ2) is 8.85. The number of urea groups is 1. The number of likely N-dealkylation sites (tertiary alicyclic amines) is 1. The lowest BCUT2D eigenvalue weighted by Gasteiger charge is -2.33. The Hall–Kier alpha value is -2.34. The molecule has 2 amide bonds. The molecule has 1 aromatic carbocycles. The van der Waals surface area contributed by atoms with E-state index in [2.05, 4.69) is 50.7 Å². The van der Waals surface area contributed by atoms with Crippen molar-refractivity contribution in [2.24, 2.45) is 0 Å². The van der Waals surface area contributed by atoms with E-state index in [1.165, 1.54) is 18.4 Å². The Kier molecular flexibility index (Phi) is 6.28. The standard InChI is InChI=1S/C20H29N5O/c1-16-19(13-22-23-16)14-24(2)20(26)21-10-12-25-11-6-9-18(15-25)17-7-4-3-5-8-17/h3-5,7-8,13,18H,6,9-12,14-15H2,1-2H3,(H,21,26)(H,22,23)/t18-/m1/s1. The highest BCUT2D eigenvalue weighted by Gasteiger charge is 2.21. The minimum absolute atomic E-state index is 0.0396. The van der Waals surface area contributed by atoms with Crippen molar-refractivity contribution in [2.75, 3.05) is 33.2 Å². The van der Waals surface area contributed by atoms with E-state index in [9.17, 15) is 4.79 Å². The van der Waals surface area contributed by atoms with Crippen molar-refractivity contribution in [1.29, 1.82) is 0 Å². The van der Waals surface area contributed by atoms with Crippen LogP contribution in [-0.2, 0) is 6.54 Å². The SMILES string of the molecule is Cc1[nH]ncc1CN(C)C(=O)NCCN1CCC[C@@H](c2ccccc2)C1. The van der Waals surface area contributed by atoms with E-state index in [0.717, 1.165) is 30.9 Å². The molecule has 0 spiro atoms. The van der Waals surface area contributed by atoms with E-state index in [-0.39, 0.29) is 6.03 Å². The van der Waals surface area contributed by atoms with Gasteiger partial charge in [-0.2, -0.15) is 5.10 Å². The molecule has 6 nitrogen and oxygen atoms in total. The Morgan fingerprint density at radius 3 is 2.92 bits per heavy atom. The first-order valence-corrected chi connectivity index (χ1v) is 9.38. The van der Waals surface area contributed by atoms with Crippen molar-refractivity contribution in [3.63, 3.8) is 0 Å². The summed E-state index contributed by atoms with van der Waals surface area (Å²) in [7, 11) is 1.81. The van der Waals surface area contributed by atoms with E-state index < -0.39 is 0 Å². The first kappa shape index (κ1) is 18.5. The summed E-state index contributed by atoms with van der Waals surface area (Å²) >= 11 is 0. The van der Waals surface area contributed by atoms with Crippen LogP contribution in [0.4, 0.5) is 4.79 Å².